The molecule has 1 saturated carbocycles. The number of rotatable bonds is 4. The lowest BCUT2D eigenvalue weighted by atomic mass is 10.0. The summed E-state index contributed by atoms with van der Waals surface area (Å²) in [6, 6.07) is 7.15. The van der Waals surface area contributed by atoms with Gasteiger partial charge in [-0.3, -0.25) is 4.79 Å². The van der Waals surface area contributed by atoms with E-state index in [1.807, 2.05) is 29.4 Å². The summed E-state index contributed by atoms with van der Waals surface area (Å²) in [5, 5.41) is 0. The van der Waals surface area contributed by atoms with E-state index in [2.05, 4.69) is 16.5 Å². The summed E-state index contributed by atoms with van der Waals surface area (Å²) >= 11 is 0. The molecule has 2 heterocycles. The summed E-state index contributed by atoms with van der Waals surface area (Å²) < 4.78 is 16.2. The van der Waals surface area contributed by atoms with Gasteiger partial charge >= 0.3 is 0 Å². The number of imidazole rings is 1. The first-order valence-electron chi connectivity index (χ1n) is 9.24. The second-order valence-corrected chi connectivity index (χ2v) is 7.15. The lowest BCUT2D eigenvalue weighted by molar-refractivity contribution is -0.134. The Morgan fingerprint density at radius 1 is 1.36 bits per heavy atom. The molecule has 2 fully saturated rings. The van der Waals surface area contributed by atoms with Gasteiger partial charge in [0.15, 0.2) is 0 Å². The molecule has 0 spiro atoms. The Balaban J connectivity index is 1.44. The topological polar surface area (TPSA) is 38.1 Å². The van der Waals surface area contributed by atoms with Crippen molar-refractivity contribution < 1.29 is 9.18 Å². The van der Waals surface area contributed by atoms with Crippen molar-refractivity contribution in [2.24, 2.45) is 5.92 Å². The van der Waals surface area contributed by atoms with Crippen LogP contribution in [0.1, 0.15) is 49.5 Å². The average Bonchev–Trinajstić information content (AvgIpc) is 3.29. The highest BCUT2D eigenvalue weighted by molar-refractivity contribution is 5.83. The Kier molecular flexibility index (Phi) is 4.32. The maximum atomic E-state index is 14.0. The van der Waals surface area contributed by atoms with Crippen LogP contribution in [-0.4, -0.2) is 33.4 Å². The van der Waals surface area contributed by atoms with Gasteiger partial charge in [0, 0.05) is 37.8 Å². The lowest BCUT2D eigenvalue weighted by Crippen LogP contribution is -2.41. The SMILES string of the molecule is CCc1nccn1[C@@H]1CCCN(C(=O)[C@@H]2C[C@@H]2c2ccccc2F)C1. The van der Waals surface area contributed by atoms with Crippen LogP contribution in [0.2, 0.25) is 0 Å². The van der Waals surface area contributed by atoms with E-state index in [0.717, 1.165) is 44.6 Å². The van der Waals surface area contributed by atoms with Crippen molar-refractivity contribution in [2.45, 2.75) is 44.6 Å². The second kappa shape index (κ2) is 6.62. The Labute approximate surface area is 147 Å². The van der Waals surface area contributed by atoms with E-state index in [9.17, 15) is 9.18 Å². The molecule has 1 aliphatic carbocycles. The molecule has 5 heteroatoms. The van der Waals surface area contributed by atoms with Crippen molar-refractivity contribution in [1.82, 2.24) is 14.5 Å². The van der Waals surface area contributed by atoms with Crippen molar-refractivity contribution in [3.63, 3.8) is 0 Å². The van der Waals surface area contributed by atoms with Crippen LogP contribution in [-0.2, 0) is 11.2 Å². The number of likely N-dealkylation sites (tertiary alicyclic amines) is 1. The van der Waals surface area contributed by atoms with E-state index in [4.69, 9.17) is 0 Å². The van der Waals surface area contributed by atoms with E-state index >= 15 is 0 Å². The number of carbonyl (C=O) groups excluding carboxylic acids is 1. The molecule has 1 aliphatic heterocycles. The standard InChI is InChI=1S/C20H24FN3O/c1-2-19-22-9-11-24(19)14-6-5-10-23(13-14)20(25)17-12-16(17)15-7-3-4-8-18(15)21/h3-4,7-9,11,14,16-17H,2,5-6,10,12-13H2,1H3/t14-,16-,17-/m1/s1. The van der Waals surface area contributed by atoms with E-state index in [1.165, 1.54) is 6.07 Å². The molecule has 2 aliphatic rings. The van der Waals surface area contributed by atoms with Crippen LogP contribution >= 0.6 is 0 Å². The molecule has 1 aromatic carbocycles. The number of piperidine rings is 1. The van der Waals surface area contributed by atoms with E-state index in [1.54, 1.807) is 6.07 Å². The highest BCUT2D eigenvalue weighted by Gasteiger charge is 2.47. The minimum Gasteiger partial charge on any atom is -0.340 e. The summed E-state index contributed by atoms with van der Waals surface area (Å²) in [6.45, 7) is 3.66. The zero-order chi connectivity index (χ0) is 17.4. The van der Waals surface area contributed by atoms with E-state index in [-0.39, 0.29) is 23.6 Å². The van der Waals surface area contributed by atoms with E-state index in [0.29, 0.717) is 11.6 Å². The number of nitrogens with zero attached hydrogens (tertiary/aromatic N) is 3. The fraction of sp³-hybridized carbons (Fsp3) is 0.500. The predicted octanol–water partition coefficient (Wildman–Crippen LogP) is 3.55. The van der Waals surface area contributed by atoms with Gasteiger partial charge in [-0.2, -0.15) is 0 Å². The first-order valence-corrected chi connectivity index (χ1v) is 9.24. The fourth-order valence-corrected chi connectivity index (χ4v) is 4.15. The molecule has 0 unspecified atom stereocenters. The molecule has 2 aromatic rings. The number of benzene rings is 1. The first-order chi connectivity index (χ1) is 12.2. The quantitative estimate of drug-likeness (QED) is 0.853. The zero-order valence-corrected chi connectivity index (χ0v) is 14.6. The Morgan fingerprint density at radius 3 is 3.00 bits per heavy atom. The van der Waals surface area contributed by atoms with Crippen molar-refractivity contribution in [1.29, 1.82) is 0 Å². The van der Waals surface area contributed by atoms with Crippen molar-refractivity contribution in [3.8, 4) is 0 Å². The Bertz CT molecular complexity index is 772. The van der Waals surface area contributed by atoms with Crippen LogP contribution in [0.3, 0.4) is 0 Å². The Morgan fingerprint density at radius 2 is 2.20 bits per heavy atom. The van der Waals surface area contributed by atoms with Crippen LogP contribution in [0, 0.1) is 11.7 Å². The normalized spacial score (nSPS) is 25.8. The minimum atomic E-state index is -0.190. The summed E-state index contributed by atoms with van der Waals surface area (Å²) in [5.74, 6) is 1.08. The number of hydrogen-bond donors (Lipinski definition) is 0. The van der Waals surface area contributed by atoms with Gasteiger partial charge in [-0.05, 0) is 36.8 Å². The monoisotopic (exact) mass is 341 g/mol. The zero-order valence-electron chi connectivity index (χ0n) is 14.6. The van der Waals surface area contributed by atoms with Crippen LogP contribution in [0.5, 0.6) is 0 Å². The number of amides is 1. The highest BCUT2D eigenvalue weighted by Crippen LogP contribution is 2.49. The molecule has 132 valence electrons. The molecule has 4 rings (SSSR count). The van der Waals surface area contributed by atoms with Crippen LogP contribution < -0.4 is 0 Å². The molecule has 1 aromatic heterocycles. The third-order valence-corrected chi connectivity index (χ3v) is 5.58. The van der Waals surface area contributed by atoms with Crippen LogP contribution in [0.15, 0.2) is 36.7 Å². The van der Waals surface area contributed by atoms with Gasteiger partial charge in [0.25, 0.3) is 0 Å². The Hall–Kier alpha value is -2.17. The molecule has 3 atom stereocenters. The van der Waals surface area contributed by atoms with Gasteiger partial charge < -0.3 is 9.47 Å². The largest absolute Gasteiger partial charge is 0.340 e. The smallest absolute Gasteiger partial charge is 0.226 e. The van der Waals surface area contributed by atoms with Gasteiger partial charge in [0.05, 0.1) is 6.04 Å². The molecule has 1 amide bonds. The molecule has 0 radical (unpaired) electrons. The van der Waals surface area contributed by atoms with Gasteiger partial charge in [0.2, 0.25) is 5.91 Å². The molecular weight excluding hydrogens is 317 g/mol. The third-order valence-electron chi connectivity index (χ3n) is 5.58. The third kappa shape index (κ3) is 3.08. The van der Waals surface area contributed by atoms with Gasteiger partial charge in [0.1, 0.15) is 11.6 Å². The number of halogens is 1. The van der Waals surface area contributed by atoms with Gasteiger partial charge in [-0.15, -0.1) is 0 Å². The maximum Gasteiger partial charge on any atom is 0.226 e. The molecule has 0 bridgehead atoms. The molecule has 0 N–H and O–H groups in total. The first kappa shape index (κ1) is 16.3. The molecule has 25 heavy (non-hydrogen) atoms. The predicted molar refractivity (Wildman–Crippen MR) is 93.7 cm³/mol. The fourth-order valence-electron chi connectivity index (χ4n) is 4.15. The number of carbonyl (C=O) groups is 1. The number of aromatic nitrogens is 2. The number of hydrogen-bond acceptors (Lipinski definition) is 2. The lowest BCUT2D eigenvalue weighted by Gasteiger charge is -2.34. The summed E-state index contributed by atoms with van der Waals surface area (Å²) in [4.78, 5) is 19.3. The molecule has 4 nitrogen and oxygen atoms in total. The van der Waals surface area contributed by atoms with Gasteiger partial charge in [-0.25, -0.2) is 9.37 Å². The number of aryl methyl sites for hydroxylation is 1. The molecule has 1 saturated heterocycles. The van der Waals surface area contributed by atoms with Crippen molar-refractivity contribution in [3.05, 3.63) is 53.9 Å². The summed E-state index contributed by atoms with van der Waals surface area (Å²) in [7, 11) is 0. The van der Waals surface area contributed by atoms with Crippen molar-refractivity contribution >= 4 is 5.91 Å². The van der Waals surface area contributed by atoms with E-state index < -0.39 is 0 Å². The van der Waals surface area contributed by atoms with Crippen LogP contribution in [0.25, 0.3) is 0 Å². The maximum absolute atomic E-state index is 14.0. The van der Waals surface area contributed by atoms with Gasteiger partial charge in [-0.1, -0.05) is 25.1 Å². The summed E-state index contributed by atoms with van der Waals surface area (Å²) in [5.41, 5.74) is 0.692. The highest BCUT2D eigenvalue weighted by atomic mass is 19.1. The molecular formula is C20H24FN3O. The summed E-state index contributed by atoms with van der Waals surface area (Å²) in [6.07, 6.45) is 7.62. The minimum absolute atomic E-state index is 0.0496. The van der Waals surface area contributed by atoms with Crippen LogP contribution in [0.4, 0.5) is 4.39 Å². The van der Waals surface area contributed by atoms with Crippen molar-refractivity contribution in [2.75, 3.05) is 13.1 Å². The second-order valence-electron chi connectivity index (χ2n) is 7.15. The average molecular weight is 341 g/mol.